The van der Waals surface area contributed by atoms with E-state index in [1.807, 2.05) is 12.1 Å². The molecule has 0 amide bonds. The SMILES string of the molecule is CCCCCC(NN)c1ccco1. The van der Waals surface area contributed by atoms with E-state index in [0.29, 0.717) is 0 Å². The van der Waals surface area contributed by atoms with E-state index in [9.17, 15) is 0 Å². The highest BCUT2D eigenvalue weighted by molar-refractivity contribution is 5.03. The van der Waals surface area contributed by atoms with Crippen molar-refractivity contribution in [3.8, 4) is 0 Å². The second kappa shape index (κ2) is 5.78. The maximum atomic E-state index is 5.44. The van der Waals surface area contributed by atoms with Crippen molar-refractivity contribution < 1.29 is 4.42 Å². The van der Waals surface area contributed by atoms with Gasteiger partial charge in [0.2, 0.25) is 0 Å². The average Bonchev–Trinajstić information content (AvgIpc) is 2.65. The van der Waals surface area contributed by atoms with Crippen LogP contribution in [0.25, 0.3) is 0 Å². The molecule has 1 atom stereocenters. The molecule has 1 heterocycles. The molecule has 1 unspecified atom stereocenters. The third-order valence-electron chi connectivity index (χ3n) is 2.18. The Balaban J connectivity index is 2.35. The molecule has 0 bridgehead atoms. The van der Waals surface area contributed by atoms with Crippen LogP contribution in [0.5, 0.6) is 0 Å². The van der Waals surface area contributed by atoms with Crippen molar-refractivity contribution in [3.63, 3.8) is 0 Å². The van der Waals surface area contributed by atoms with Crippen molar-refractivity contribution in [2.75, 3.05) is 0 Å². The predicted molar refractivity (Wildman–Crippen MR) is 52.9 cm³/mol. The number of nitrogens with two attached hydrogens (primary N) is 1. The van der Waals surface area contributed by atoms with Gasteiger partial charge in [0.05, 0.1) is 12.3 Å². The van der Waals surface area contributed by atoms with Gasteiger partial charge < -0.3 is 4.42 Å². The van der Waals surface area contributed by atoms with Crippen molar-refractivity contribution in [1.29, 1.82) is 0 Å². The van der Waals surface area contributed by atoms with Gasteiger partial charge in [-0.25, -0.2) is 5.43 Å². The minimum atomic E-state index is 0.168. The lowest BCUT2D eigenvalue weighted by Crippen LogP contribution is -2.27. The highest BCUT2D eigenvalue weighted by Gasteiger charge is 2.10. The van der Waals surface area contributed by atoms with E-state index in [1.54, 1.807) is 6.26 Å². The van der Waals surface area contributed by atoms with Crippen LogP contribution in [0.1, 0.15) is 44.4 Å². The summed E-state index contributed by atoms with van der Waals surface area (Å²) >= 11 is 0. The molecule has 3 heteroatoms. The number of rotatable bonds is 6. The highest BCUT2D eigenvalue weighted by Crippen LogP contribution is 2.18. The summed E-state index contributed by atoms with van der Waals surface area (Å²) in [6, 6.07) is 4.01. The molecule has 0 aliphatic heterocycles. The topological polar surface area (TPSA) is 51.2 Å². The maximum absolute atomic E-state index is 5.44. The summed E-state index contributed by atoms with van der Waals surface area (Å²) in [5.41, 5.74) is 2.77. The van der Waals surface area contributed by atoms with Gasteiger partial charge in [-0.2, -0.15) is 0 Å². The number of hydrazine groups is 1. The maximum Gasteiger partial charge on any atom is 0.122 e. The smallest absolute Gasteiger partial charge is 0.122 e. The molecule has 0 radical (unpaired) electrons. The summed E-state index contributed by atoms with van der Waals surface area (Å²) in [5.74, 6) is 6.37. The molecule has 0 spiro atoms. The minimum Gasteiger partial charge on any atom is -0.468 e. The fraction of sp³-hybridized carbons (Fsp3) is 0.600. The Bertz CT molecular complexity index is 209. The van der Waals surface area contributed by atoms with E-state index < -0.39 is 0 Å². The zero-order valence-corrected chi connectivity index (χ0v) is 8.12. The van der Waals surface area contributed by atoms with Crippen LogP contribution in [0, 0.1) is 0 Å². The number of hydrogen-bond acceptors (Lipinski definition) is 3. The Morgan fingerprint density at radius 3 is 2.92 bits per heavy atom. The molecule has 0 aromatic carbocycles. The van der Waals surface area contributed by atoms with E-state index >= 15 is 0 Å². The fourth-order valence-electron chi connectivity index (χ4n) is 1.40. The van der Waals surface area contributed by atoms with Crippen molar-refractivity contribution in [2.45, 2.75) is 38.6 Å². The molecular formula is C10H18N2O. The van der Waals surface area contributed by atoms with Gasteiger partial charge in [0.25, 0.3) is 0 Å². The van der Waals surface area contributed by atoms with E-state index in [1.165, 1.54) is 19.3 Å². The van der Waals surface area contributed by atoms with Gasteiger partial charge in [0.15, 0.2) is 0 Å². The summed E-state index contributed by atoms with van der Waals surface area (Å²) in [4.78, 5) is 0. The van der Waals surface area contributed by atoms with Crippen LogP contribution in [0.3, 0.4) is 0 Å². The molecule has 1 aromatic rings. The summed E-state index contributed by atoms with van der Waals surface area (Å²) in [7, 11) is 0. The standard InChI is InChI=1S/C10H18N2O/c1-2-3-4-6-9(12-11)10-7-5-8-13-10/h5,7-9,12H,2-4,6,11H2,1H3. The third-order valence-corrected chi connectivity index (χ3v) is 2.18. The highest BCUT2D eigenvalue weighted by atomic mass is 16.3. The second-order valence-corrected chi connectivity index (χ2v) is 3.23. The normalized spacial score (nSPS) is 13.1. The first-order valence-corrected chi connectivity index (χ1v) is 4.88. The number of hydrogen-bond donors (Lipinski definition) is 2. The van der Waals surface area contributed by atoms with Crippen molar-refractivity contribution >= 4 is 0 Å². The molecule has 0 fully saturated rings. The van der Waals surface area contributed by atoms with Crippen molar-refractivity contribution in [2.24, 2.45) is 5.84 Å². The van der Waals surface area contributed by atoms with Crippen LogP contribution >= 0.6 is 0 Å². The van der Waals surface area contributed by atoms with E-state index in [4.69, 9.17) is 10.3 Å². The van der Waals surface area contributed by atoms with Crippen LogP contribution in [-0.2, 0) is 0 Å². The summed E-state index contributed by atoms with van der Waals surface area (Å²) in [6.07, 6.45) is 6.39. The quantitative estimate of drug-likeness (QED) is 0.403. The summed E-state index contributed by atoms with van der Waals surface area (Å²) in [6.45, 7) is 2.19. The molecule has 1 rings (SSSR count). The molecule has 0 saturated heterocycles. The first kappa shape index (κ1) is 10.3. The Kier molecular flexibility index (Phi) is 4.57. The molecule has 13 heavy (non-hydrogen) atoms. The molecule has 1 aromatic heterocycles. The molecule has 3 nitrogen and oxygen atoms in total. The van der Waals surface area contributed by atoms with E-state index in [-0.39, 0.29) is 6.04 Å². The van der Waals surface area contributed by atoms with Gasteiger partial charge in [-0.3, -0.25) is 5.84 Å². The number of nitrogens with one attached hydrogen (secondary N) is 1. The van der Waals surface area contributed by atoms with Gasteiger partial charge in [0, 0.05) is 0 Å². The lowest BCUT2D eigenvalue weighted by molar-refractivity contribution is 0.390. The summed E-state index contributed by atoms with van der Waals surface area (Å²) in [5, 5.41) is 0. The number of furan rings is 1. The van der Waals surface area contributed by atoms with Gasteiger partial charge in [0.1, 0.15) is 5.76 Å². The molecular weight excluding hydrogens is 164 g/mol. The van der Waals surface area contributed by atoms with Gasteiger partial charge in [-0.15, -0.1) is 0 Å². The van der Waals surface area contributed by atoms with Crippen LogP contribution in [0.2, 0.25) is 0 Å². The molecule has 0 saturated carbocycles. The van der Waals surface area contributed by atoms with Crippen LogP contribution in [-0.4, -0.2) is 0 Å². The molecule has 74 valence electrons. The number of unbranched alkanes of at least 4 members (excludes halogenated alkanes) is 2. The molecule has 0 aliphatic carbocycles. The average molecular weight is 182 g/mol. The molecule has 0 aliphatic rings. The Morgan fingerprint density at radius 2 is 2.38 bits per heavy atom. The fourth-order valence-corrected chi connectivity index (χ4v) is 1.40. The summed E-state index contributed by atoms with van der Waals surface area (Å²) < 4.78 is 5.27. The van der Waals surface area contributed by atoms with Crippen molar-refractivity contribution in [3.05, 3.63) is 24.2 Å². The molecule has 3 N–H and O–H groups in total. The van der Waals surface area contributed by atoms with E-state index in [0.717, 1.165) is 12.2 Å². The lowest BCUT2D eigenvalue weighted by Gasteiger charge is -2.12. The van der Waals surface area contributed by atoms with Crippen LogP contribution in [0.15, 0.2) is 22.8 Å². The first-order valence-electron chi connectivity index (χ1n) is 4.88. The van der Waals surface area contributed by atoms with Gasteiger partial charge in [-0.1, -0.05) is 26.2 Å². The van der Waals surface area contributed by atoms with Gasteiger partial charge in [-0.05, 0) is 18.6 Å². The van der Waals surface area contributed by atoms with Crippen LogP contribution < -0.4 is 11.3 Å². The largest absolute Gasteiger partial charge is 0.468 e. The lowest BCUT2D eigenvalue weighted by atomic mass is 10.1. The Labute approximate surface area is 79.3 Å². The monoisotopic (exact) mass is 182 g/mol. The minimum absolute atomic E-state index is 0.168. The Morgan fingerprint density at radius 1 is 1.54 bits per heavy atom. The third kappa shape index (κ3) is 3.20. The van der Waals surface area contributed by atoms with Gasteiger partial charge >= 0.3 is 0 Å². The Hall–Kier alpha value is -0.800. The van der Waals surface area contributed by atoms with Crippen molar-refractivity contribution in [1.82, 2.24) is 5.43 Å². The second-order valence-electron chi connectivity index (χ2n) is 3.23. The zero-order chi connectivity index (χ0) is 9.52. The van der Waals surface area contributed by atoms with Crippen LogP contribution in [0.4, 0.5) is 0 Å². The zero-order valence-electron chi connectivity index (χ0n) is 8.12. The predicted octanol–water partition coefficient (Wildman–Crippen LogP) is 2.36. The first-order chi connectivity index (χ1) is 6.38. The van der Waals surface area contributed by atoms with E-state index in [2.05, 4.69) is 12.3 Å².